The highest BCUT2D eigenvalue weighted by Gasteiger charge is 2.56. The van der Waals surface area contributed by atoms with E-state index >= 15 is 0 Å². The summed E-state index contributed by atoms with van der Waals surface area (Å²) in [6.45, 7) is 4.37. The lowest BCUT2D eigenvalue weighted by molar-refractivity contribution is 0.397. The van der Waals surface area contributed by atoms with E-state index in [0.717, 1.165) is 0 Å². The summed E-state index contributed by atoms with van der Waals surface area (Å²) >= 11 is 0. The van der Waals surface area contributed by atoms with Gasteiger partial charge in [-0.1, -0.05) is 19.9 Å². The van der Waals surface area contributed by atoms with Crippen LogP contribution in [-0.2, 0) is 0 Å². The Morgan fingerprint density at radius 2 is 2.07 bits per heavy atom. The summed E-state index contributed by atoms with van der Waals surface area (Å²) in [4.78, 5) is 4.18. The quantitative estimate of drug-likeness (QED) is 0.773. The molecule has 1 heterocycles. The third kappa shape index (κ3) is 1.28. The minimum absolute atomic E-state index is 0.219. The van der Waals surface area contributed by atoms with Gasteiger partial charge in [0.15, 0.2) is 0 Å². The molecule has 3 nitrogen and oxygen atoms in total. The van der Waals surface area contributed by atoms with E-state index in [4.69, 9.17) is 10.5 Å². The van der Waals surface area contributed by atoms with Crippen LogP contribution in [0, 0.1) is 5.41 Å². The molecule has 1 aromatic rings. The summed E-state index contributed by atoms with van der Waals surface area (Å²) in [6.07, 6.45) is 1.86. The topological polar surface area (TPSA) is 48.1 Å². The van der Waals surface area contributed by atoms with Crippen LogP contribution in [0.15, 0.2) is 18.3 Å². The average molecular weight is 192 g/mol. The van der Waals surface area contributed by atoms with E-state index in [-0.39, 0.29) is 11.5 Å². The summed E-state index contributed by atoms with van der Waals surface area (Å²) in [5.41, 5.74) is 7.42. The number of nitrogens with two attached hydrogens (primary N) is 1. The SMILES string of the molecule is COc1ccc(C2C(N)C2(C)C)cn1. The number of ether oxygens (including phenoxy) is 1. The number of hydrogen-bond donors (Lipinski definition) is 1. The summed E-state index contributed by atoms with van der Waals surface area (Å²) in [5, 5.41) is 0. The Hall–Kier alpha value is -1.09. The fourth-order valence-electron chi connectivity index (χ4n) is 2.01. The molecule has 0 spiro atoms. The third-order valence-corrected chi connectivity index (χ3v) is 3.24. The van der Waals surface area contributed by atoms with Crippen molar-refractivity contribution in [3.05, 3.63) is 23.9 Å². The first kappa shape index (κ1) is 9.46. The lowest BCUT2D eigenvalue weighted by Crippen LogP contribution is -2.06. The lowest BCUT2D eigenvalue weighted by Gasteiger charge is -2.03. The van der Waals surface area contributed by atoms with Crippen LogP contribution in [0.4, 0.5) is 0 Å². The first-order valence-corrected chi connectivity index (χ1v) is 4.83. The van der Waals surface area contributed by atoms with E-state index in [0.29, 0.717) is 11.8 Å². The van der Waals surface area contributed by atoms with E-state index in [2.05, 4.69) is 18.8 Å². The predicted molar refractivity (Wildman–Crippen MR) is 55.3 cm³/mol. The molecule has 1 fully saturated rings. The molecule has 0 saturated heterocycles. The number of nitrogens with zero attached hydrogens (tertiary/aromatic N) is 1. The van der Waals surface area contributed by atoms with E-state index < -0.39 is 0 Å². The zero-order chi connectivity index (χ0) is 10.3. The van der Waals surface area contributed by atoms with Crippen molar-refractivity contribution in [1.29, 1.82) is 0 Å². The lowest BCUT2D eigenvalue weighted by atomic mass is 10.1. The molecule has 0 aromatic carbocycles. The molecule has 2 N–H and O–H groups in total. The minimum Gasteiger partial charge on any atom is -0.481 e. The summed E-state index contributed by atoms with van der Waals surface area (Å²) in [7, 11) is 1.62. The van der Waals surface area contributed by atoms with Crippen LogP contribution >= 0.6 is 0 Å². The van der Waals surface area contributed by atoms with Gasteiger partial charge < -0.3 is 10.5 Å². The zero-order valence-electron chi connectivity index (χ0n) is 8.82. The van der Waals surface area contributed by atoms with Crippen molar-refractivity contribution in [3.8, 4) is 5.88 Å². The van der Waals surface area contributed by atoms with Crippen LogP contribution in [0.25, 0.3) is 0 Å². The van der Waals surface area contributed by atoms with E-state index in [1.54, 1.807) is 7.11 Å². The van der Waals surface area contributed by atoms with Gasteiger partial charge in [0.2, 0.25) is 5.88 Å². The van der Waals surface area contributed by atoms with Gasteiger partial charge in [-0.25, -0.2) is 4.98 Å². The van der Waals surface area contributed by atoms with Gasteiger partial charge in [0.05, 0.1) is 7.11 Å². The third-order valence-electron chi connectivity index (χ3n) is 3.24. The Labute approximate surface area is 84.3 Å². The number of pyridine rings is 1. The molecule has 1 aliphatic carbocycles. The second kappa shape index (κ2) is 2.95. The van der Waals surface area contributed by atoms with Gasteiger partial charge in [0.1, 0.15) is 0 Å². The molecular weight excluding hydrogens is 176 g/mol. The maximum Gasteiger partial charge on any atom is 0.212 e. The molecule has 2 unspecified atom stereocenters. The maximum absolute atomic E-state index is 5.99. The molecule has 2 atom stereocenters. The van der Waals surface area contributed by atoms with E-state index in [1.807, 2.05) is 18.3 Å². The molecule has 76 valence electrons. The summed E-state index contributed by atoms with van der Waals surface area (Å²) < 4.78 is 5.01. The first-order valence-electron chi connectivity index (χ1n) is 4.83. The first-order chi connectivity index (χ1) is 6.57. The van der Waals surface area contributed by atoms with Crippen molar-refractivity contribution in [2.45, 2.75) is 25.8 Å². The van der Waals surface area contributed by atoms with Gasteiger partial charge in [0, 0.05) is 24.2 Å². The standard InChI is InChI=1S/C11H16N2O/c1-11(2)9(10(11)12)7-4-5-8(14-3)13-6-7/h4-6,9-10H,12H2,1-3H3. The molecule has 0 radical (unpaired) electrons. The van der Waals surface area contributed by atoms with E-state index in [9.17, 15) is 0 Å². The van der Waals surface area contributed by atoms with Crippen molar-refractivity contribution < 1.29 is 4.74 Å². The fourth-order valence-corrected chi connectivity index (χ4v) is 2.01. The molecule has 1 saturated carbocycles. The van der Waals surface area contributed by atoms with Crippen LogP contribution in [0.2, 0.25) is 0 Å². The van der Waals surface area contributed by atoms with Gasteiger partial charge in [0.25, 0.3) is 0 Å². The van der Waals surface area contributed by atoms with Gasteiger partial charge in [-0.2, -0.15) is 0 Å². The maximum atomic E-state index is 5.99. The van der Waals surface area contributed by atoms with Crippen LogP contribution in [-0.4, -0.2) is 18.1 Å². The van der Waals surface area contributed by atoms with Crippen molar-refractivity contribution in [2.24, 2.45) is 11.1 Å². The van der Waals surface area contributed by atoms with Gasteiger partial charge in [-0.3, -0.25) is 0 Å². The second-order valence-corrected chi connectivity index (χ2v) is 4.46. The Bertz CT molecular complexity index is 332. The van der Waals surface area contributed by atoms with Crippen molar-refractivity contribution >= 4 is 0 Å². The Morgan fingerprint density at radius 3 is 2.43 bits per heavy atom. The smallest absolute Gasteiger partial charge is 0.212 e. The molecule has 0 bridgehead atoms. The van der Waals surface area contributed by atoms with Gasteiger partial charge in [-0.05, 0) is 11.0 Å². The van der Waals surface area contributed by atoms with Crippen molar-refractivity contribution in [1.82, 2.24) is 4.98 Å². The zero-order valence-corrected chi connectivity index (χ0v) is 8.82. The number of hydrogen-bond acceptors (Lipinski definition) is 3. The summed E-state index contributed by atoms with van der Waals surface area (Å²) in [6, 6.07) is 4.19. The van der Waals surface area contributed by atoms with E-state index in [1.165, 1.54) is 5.56 Å². The molecule has 2 rings (SSSR count). The molecule has 3 heteroatoms. The van der Waals surface area contributed by atoms with Crippen LogP contribution in [0.5, 0.6) is 5.88 Å². The average Bonchev–Trinajstić information content (AvgIpc) is 2.67. The largest absolute Gasteiger partial charge is 0.481 e. The highest BCUT2D eigenvalue weighted by molar-refractivity contribution is 5.33. The minimum atomic E-state index is 0.219. The van der Waals surface area contributed by atoms with Crippen LogP contribution in [0.1, 0.15) is 25.3 Å². The Balaban J connectivity index is 2.20. The molecule has 1 aromatic heterocycles. The van der Waals surface area contributed by atoms with Crippen LogP contribution < -0.4 is 10.5 Å². The Morgan fingerprint density at radius 1 is 1.43 bits per heavy atom. The molecule has 0 amide bonds. The number of rotatable bonds is 2. The monoisotopic (exact) mass is 192 g/mol. The summed E-state index contributed by atoms with van der Waals surface area (Å²) in [5.74, 6) is 1.10. The van der Waals surface area contributed by atoms with Gasteiger partial charge >= 0.3 is 0 Å². The molecule has 1 aliphatic rings. The fraction of sp³-hybridized carbons (Fsp3) is 0.545. The number of aromatic nitrogens is 1. The van der Waals surface area contributed by atoms with Crippen molar-refractivity contribution in [2.75, 3.05) is 7.11 Å². The highest BCUT2D eigenvalue weighted by atomic mass is 16.5. The number of methoxy groups -OCH3 is 1. The molecule has 14 heavy (non-hydrogen) atoms. The normalized spacial score (nSPS) is 28.6. The van der Waals surface area contributed by atoms with Crippen molar-refractivity contribution in [3.63, 3.8) is 0 Å². The molecule has 0 aliphatic heterocycles. The van der Waals surface area contributed by atoms with Crippen LogP contribution in [0.3, 0.4) is 0 Å². The molecular formula is C11H16N2O. The van der Waals surface area contributed by atoms with Gasteiger partial charge in [-0.15, -0.1) is 0 Å². The Kier molecular flexibility index (Phi) is 2.00. The second-order valence-electron chi connectivity index (χ2n) is 4.46. The highest BCUT2D eigenvalue weighted by Crippen LogP contribution is 2.57. The predicted octanol–water partition coefficient (Wildman–Crippen LogP) is 1.54.